The van der Waals surface area contributed by atoms with Crippen molar-refractivity contribution in [3.05, 3.63) is 76.2 Å². The van der Waals surface area contributed by atoms with Crippen molar-refractivity contribution in [3.63, 3.8) is 0 Å². The Bertz CT molecular complexity index is 1240. The van der Waals surface area contributed by atoms with E-state index in [-0.39, 0.29) is 16.5 Å². The van der Waals surface area contributed by atoms with E-state index in [1.54, 1.807) is 36.4 Å². The highest BCUT2D eigenvalue weighted by Crippen LogP contribution is 2.37. The average molecular weight is 438 g/mol. The molecular weight excluding hydrogens is 418 g/mol. The molecule has 0 saturated carbocycles. The molecule has 0 bridgehead atoms. The second-order valence-electron chi connectivity index (χ2n) is 6.98. The highest BCUT2D eigenvalue weighted by Gasteiger charge is 2.22. The molecule has 0 aliphatic heterocycles. The Balaban J connectivity index is 1.55. The number of anilines is 2. The van der Waals surface area contributed by atoms with Crippen LogP contribution in [0.15, 0.2) is 59.5 Å². The molecule has 0 saturated heterocycles. The Morgan fingerprint density at radius 1 is 1.03 bits per heavy atom. The molecule has 0 fully saturated rings. The van der Waals surface area contributed by atoms with E-state index in [2.05, 4.69) is 16.1 Å². The van der Waals surface area contributed by atoms with Crippen LogP contribution in [0.3, 0.4) is 0 Å². The summed E-state index contributed by atoms with van der Waals surface area (Å²) >= 11 is 1.46. The van der Waals surface area contributed by atoms with Gasteiger partial charge in [0.25, 0.3) is 15.9 Å². The van der Waals surface area contributed by atoms with Gasteiger partial charge in [0.15, 0.2) is 0 Å². The average Bonchev–Trinajstić information content (AvgIpc) is 3.11. The van der Waals surface area contributed by atoms with Crippen molar-refractivity contribution in [1.29, 1.82) is 5.26 Å². The van der Waals surface area contributed by atoms with E-state index in [9.17, 15) is 18.5 Å². The lowest BCUT2D eigenvalue weighted by molar-refractivity contribution is 0.102. The summed E-state index contributed by atoms with van der Waals surface area (Å²) in [6.45, 7) is 0. The summed E-state index contributed by atoms with van der Waals surface area (Å²) < 4.78 is 27.5. The Morgan fingerprint density at radius 2 is 1.80 bits per heavy atom. The zero-order valence-corrected chi connectivity index (χ0v) is 17.6. The maximum absolute atomic E-state index is 12.8. The molecule has 8 heteroatoms. The summed E-state index contributed by atoms with van der Waals surface area (Å²) in [7, 11) is -3.75. The molecule has 0 unspecified atom stereocenters. The highest BCUT2D eigenvalue weighted by molar-refractivity contribution is 7.92. The smallest absolute Gasteiger partial charge is 0.261 e. The summed E-state index contributed by atoms with van der Waals surface area (Å²) in [5.74, 6) is -0.383. The van der Waals surface area contributed by atoms with E-state index in [4.69, 9.17) is 0 Å². The number of aryl methyl sites for hydroxylation is 1. The summed E-state index contributed by atoms with van der Waals surface area (Å²) in [5, 5.41) is 13.0. The van der Waals surface area contributed by atoms with Crippen molar-refractivity contribution in [2.45, 2.75) is 30.6 Å². The van der Waals surface area contributed by atoms with Crippen LogP contribution in [0.4, 0.5) is 10.7 Å². The van der Waals surface area contributed by atoms with E-state index in [0.717, 1.165) is 36.1 Å². The molecule has 0 spiro atoms. The van der Waals surface area contributed by atoms with Crippen LogP contribution >= 0.6 is 11.3 Å². The molecule has 1 aliphatic carbocycles. The van der Waals surface area contributed by atoms with Crippen molar-refractivity contribution >= 4 is 38.0 Å². The fourth-order valence-electron chi connectivity index (χ4n) is 3.49. The number of nitriles is 1. The first kappa shape index (κ1) is 20.1. The minimum atomic E-state index is -3.75. The number of amides is 1. The van der Waals surface area contributed by atoms with Crippen molar-refractivity contribution in [2.75, 3.05) is 10.0 Å². The first-order valence-electron chi connectivity index (χ1n) is 9.52. The topological polar surface area (TPSA) is 99.1 Å². The third kappa shape index (κ3) is 4.08. The van der Waals surface area contributed by atoms with E-state index in [1.807, 2.05) is 0 Å². The monoisotopic (exact) mass is 437 g/mol. The molecule has 2 N–H and O–H groups in total. The number of benzene rings is 2. The number of rotatable bonds is 5. The molecule has 30 heavy (non-hydrogen) atoms. The number of fused-ring (bicyclic) bond motifs is 1. The van der Waals surface area contributed by atoms with Crippen LogP contribution in [0, 0.1) is 11.3 Å². The number of carbonyl (C=O) groups excluding carboxylic acids is 1. The van der Waals surface area contributed by atoms with Gasteiger partial charge in [-0.15, -0.1) is 11.3 Å². The van der Waals surface area contributed by atoms with E-state index < -0.39 is 10.0 Å². The Hall–Kier alpha value is -3.15. The number of hydrogen-bond donors (Lipinski definition) is 2. The third-order valence-corrected chi connectivity index (χ3v) is 7.55. The number of nitrogens with zero attached hydrogens (tertiary/aromatic N) is 1. The molecule has 6 nitrogen and oxygen atoms in total. The normalized spacial score (nSPS) is 13.2. The lowest BCUT2D eigenvalue weighted by Gasteiger charge is -2.10. The highest BCUT2D eigenvalue weighted by atomic mass is 32.2. The fraction of sp³-hybridized carbons (Fsp3) is 0.182. The summed E-state index contributed by atoms with van der Waals surface area (Å²) in [4.78, 5) is 14.1. The minimum Gasteiger partial charge on any atom is -0.312 e. The summed E-state index contributed by atoms with van der Waals surface area (Å²) in [6, 6.07) is 16.5. The SMILES string of the molecule is N#Cc1c(NC(=O)c2cccc(NS(=O)(=O)c3ccccc3)c2)sc2c1CCCC2. The fourth-order valence-corrected chi connectivity index (χ4v) is 5.79. The van der Waals surface area contributed by atoms with Crippen LogP contribution < -0.4 is 10.0 Å². The van der Waals surface area contributed by atoms with E-state index in [0.29, 0.717) is 16.1 Å². The quantitative estimate of drug-likeness (QED) is 0.612. The number of sulfonamides is 1. The van der Waals surface area contributed by atoms with Gasteiger partial charge < -0.3 is 5.32 Å². The Kier molecular flexibility index (Phi) is 5.57. The van der Waals surface area contributed by atoms with Gasteiger partial charge >= 0.3 is 0 Å². The molecule has 3 aromatic rings. The van der Waals surface area contributed by atoms with Crippen LogP contribution in [-0.4, -0.2) is 14.3 Å². The number of nitrogens with one attached hydrogen (secondary N) is 2. The number of hydrogen-bond acceptors (Lipinski definition) is 5. The molecule has 1 amide bonds. The summed E-state index contributed by atoms with van der Waals surface area (Å²) in [5.41, 5.74) is 2.19. The van der Waals surface area contributed by atoms with Gasteiger partial charge in [-0.1, -0.05) is 24.3 Å². The van der Waals surface area contributed by atoms with Gasteiger partial charge in [-0.2, -0.15) is 5.26 Å². The predicted molar refractivity (Wildman–Crippen MR) is 117 cm³/mol. The van der Waals surface area contributed by atoms with Gasteiger partial charge in [0, 0.05) is 16.1 Å². The van der Waals surface area contributed by atoms with Crippen LogP contribution in [0.25, 0.3) is 0 Å². The van der Waals surface area contributed by atoms with Gasteiger partial charge in [0.05, 0.1) is 10.5 Å². The first-order chi connectivity index (χ1) is 14.5. The van der Waals surface area contributed by atoms with Crippen molar-refractivity contribution in [2.24, 2.45) is 0 Å². The number of carbonyl (C=O) groups is 1. The maximum atomic E-state index is 12.8. The zero-order valence-electron chi connectivity index (χ0n) is 16.0. The number of thiophene rings is 1. The Morgan fingerprint density at radius 3 is 2.57 bits per heavy atom. The lowest BCUT2D eigenvalue weighted by atomic mass is 9.96. The summed E-state index contributed by atoms with van der Waals surface area (Å²) in [6.07, 6.45) is 3.94. The van der Waals surface area contributed by atoms with Gasteiger partial charge in [-0.25, -0.2) is 8.42 Å². The zero-order chi connectivity index (χ0) is 21.1. The minimum absolute atomic E-state index is 0.141. The molecule has 4 rings (SSSR count). The molecule has 1 heterocycles. The Labute approximate surface area is 179 Å². The van der Waals surface area contributed by atoms with Gasteiger partial charge in [-0.3, -0.25) is 9.52 Å². The van der Waals surface area contributed by atoms with Crippen LogP contribution in [0.5, 0.6) is 0 Å². The molecule has 2 aromatic carbocycles. The van der Waals surface area contributed by atoms with Crippen molar-refractivity contribution < 1.29 is 13.2 Å². The van der Waals surface area contributed by atoms with Crippen LogP contribution in [-0.2, 0) is 22.9 Å². The van der Waals surface area contributed by atoms with Gasteiger partial charge in [0.1, 0.15) is 11.1 Å². The van der Waals surface area contributed by atoms with E-state index >= 15 is 0 Å². The van der Waals surface area contributed by atoms with Crippen LogP contribution in [0.2, 0.25) is 0 Å². The molecule has 152 valence electrons. The molecule has 0 radical (unpaired) electrons. The molecular formula is C22H19N3O3S2. The lowest BCUT2D eigenvalue weighted by Crippen LogP contribution is -2.15. The molecule has 1 aromatic heterocycles. The maximum Gasteiger partial charge on any atom is 0.261 e. The second kappa shape index (κ2) is 8.30. The largest absolute Gasteiger partial charge is 0.312 e. The standard InChI is InChI=1S/C22H19N3O3S2/c23-14-19-18-11-4-5-12-20(18)29-22(19)24-21(26)15-7-6-8-16(13-15)25-30(27,28)17-9-2-1-3-10-17/h1-3,6-10,13,25H,4-5,11-12H2,(H,24,26). The molecule has 1 aliphatic rings. The van der Waals surface area contributed by atoms with Crippen molar-refractivity contribution in [1.82, 2.24) is 0 Å². The van der Waals surface area contributed by atoms with Crippen molar-refractivity contribution in [3.8, 4) is 6.07 Å². The van der Waals surface area contributed by atoms with E-state index in [1.165, 1.54) is 29.5 Å². The third-order valence-electron chi connectivity index (χ3n) is 4.94. The molecule has 0 atom stereocenters. The van der Waals surface area contributed by atoms with Gasteiger partial charge in [-0.05, 0) is 61.6 Å². The second-order valence-corrected chi connectivity index (χ2v) is 9.77. The van der Waals surface area contributed by atoms with Gasteiger partial charge in [0.2, 0.25) is 0 Å². The van der Waals surface area contributed by atoms with Crippen LogP contribution in [0.1, 0.15) is 39.2 Å². The first-order valence-corrected chi connectivity index (χ1v) is 11.8. The predicted octanol–water partition coefficient (Wildman–Crippen LogP) is 4.55.